The summed E-state index contributed by atoms with van der Waals surface area (Å²) in [6.07, 6.45) is 0. The molecule has 2 N–H and O–H groups in total. The SMILES string of the molecule is Cc1ccc(OCCN=C(N)N2CCSCC2)cc1. The van der Waals surface area contributed by atoms with Crippen LogP contribution in [0, 0.1) is 6.92 Å². The van der Waals surface area contributed by atoms with Crippen molar-refractivity contribution in [3.05, 3.63) is 29.8 Å². The zero-order chi connectivity index (χ0) is 13.5. The van der Waals surface area contributed by atoms with Gasteiger partial charge >= 0.3 is 0 Å². The van der Waals surface area contributed by atoms with Gasteiger partial charge in [0.1, 0.15) is 12.4 Å². The zero-order valence-corrected chi connectivity index (χ0v) is 12.2. The molecule has 0 unspecified atom stereocenters. The van der Waals surface area contributed by atoms with E-state index in [4.69, 9.17) is 10.5 Å². The highest BCUT2D eigenvalue weighted by Gasteiger charge is 2.11. The standard InChI is InChI=1S/C14H21N3OS/c1-12-2-4-13(5-3-12)18-9-6-16-14(15)17-7-10-19-11-8-17/h2-5H,6-11H2,1H3,(H2,15,16). The zero-order valence-electron chi connectivity index (χ0n) is 11.3. The predicted molar refractivity (Wildman–Crippen MR) is 82.1 cm³/mol. The molecule has 0 aromatic heterocycles. The van der Waals surface area contributed by atoms with Gasteiger partial charge < -0.3 is 15.4 Å². The van der Waals surface area contributed by atoms with Crippen LogP contribution in [0.2, 0.25) is 0 Å². The molecule has 104 valence electrons. The van der Waals surface area contributed by atoms with Gasteiger partial charge in [0.05, 0.1) is 6.54 Å². The van der Waals surface area contributed by atoms with Crippen molar-refractivity contribution in [2.75, 3.05) is 37.7 Å². The molecule has 1 heterocycles. The van der Waals surface area contributed by atoms with E-state index in [-0.39, 0.29) is 0 Å². The number of hydrogen-bond acceptors (Lipinski definition) is 3. The fourth-order valence-electron chi connectivity index (χ4n) is 1.85. The van der Waals surface area contributed by atoms with Crippen LogP contribution in [0.3, 0.4) is 0 Å². The van der Waals surface area contributed by atoms with Crippen LogP contribution in [-0.4, -0.2) is 48.6 Å². The molecule has 0 radical (unpaired) electrons. The fourth-order valence-corrected chi connectivity index (χ4v) is 2.75. The first kappa shape index (κ1) is 14.1. The van der Waals surface area contributed by atoms with Crippen molar-refractivity contribution >= 4 is 17.7 Å². The first-order valence-corrected chi connectivity index (χ1v) is 7.73. The third kappa shape index (κ3) is 4.67. The minimum Gasteiger partial charge on any atom is -0.492 e. The summed E-state index contributed by atoms with van der Waals surface area (Å²) in [7, 11) is 0. The maximum atomic E-state index is 5.96. The summed E-state index contributed by atoms with van der Waals surface area (Å²) in [4.78, 5) is 6.51. The Morgan fingerprint density at radius 2 is 2.00 bits per heavy atom. The highest BCUT2D eigenvalue weighted by atomic mass is 32.2. The molecular weight excluding hydrogens is 258 g/mol. The lowest BCUT2D eigenvalue weighted by molar-refractivity contribution is 0.327. The van der Waals surface area contributed by atoms with Gasteiger partial charge in [-0.15, -0.1) is 0 Å². The summed E-state index contributed by atoms with van der Waals surface area (Å²) in [6, 6.07) is 8.03. The first-order chi connectivity index (χ1) is 9.25. The average molecular weight is 279 g/mol. The Hall–Kier alpha value is -1.36. The molecule has 1 fully saturated rings. The number of guanidine groups is 1. The van der Waals surface area contributed by atoms with Crippen molar-refractivity contribution in [3.63, 3.8) is 0 Å². The molecule has 0 atom stereocenters. The van der Waals surface area contributed by atoms with Crippen molar-refractivity contribution in [2.24, 2.45) is 10.7 Å². The van der Waals surface area contributed by atoms with E-state index in [1.807, 2.05) is 36.0 Å². The van der Waals surface area contributed by atoms with E-state index in [1.54, 1.807) is 0 Å². The van der Waals surface area contributed by atoms with Crippen LogP contribution in [0.25, 0.3) is 0 Å². The number of aliphatic imine (C=N–C) groups is 1. The van der Waals surface area contributed by atoms with Gasteiger partial charge in [-0.25, -0.2) is 4.99 Å². The van der Waals surface area contributed by atoms with Gasteiger partial charge in [0.25, 0.3) is 0 Å². The second-order valence-electron chi connectivity index (χ2n) is 4.50. The Morgan fingerprint density at radius 1 is 1.32 bits per heavy atom. The van der Waals surface area contributed by atoms with Crippen LogP contribution < -0.4 is 10.5 Å². The van der Waals surface area contributed by atoms with Gasteiger partial charge in [0.2, 0.25) is 0 Å². The van der Waals surface area contributed by atoms with Crippen LogP contribution >= 0.6 is 11.8 Å². The third-order valence-electron chi connectivity index (χ3n) is 2.99. The molecule has 0 bridgehead atoms. The van der Waals surface area contributed by atoms with Crippen LogP contribution in [0.5, 0.6) is 5.75 Å². The number of hydrogen-bond donors (Lipinski definition) is 1. The van der Waals surface area contributed by atoms with Crippen molar-refractivity contribution in [2.45, 2.75) is 6.92 Å². The Balaban J connectivity index is 1.71. The summed E-state index contributed by atoms with van der Waals surface area (Å²) in [5.74, 6) is 3.80. The van der Waals surface area contributed by atoms with E-state index >= 15 is 0 Å². The summed E-state index contributed by atoms with van der Waals surface area (Å²) >= 11 is 1.97. The minimum absolute atomic E-state index is 0.562. The molecule has 0 amide bonds. The van der Waals surface area contributed by atoms with Gasteiger partial charge in [-0.3, -0.25) is 0 Å². The Labute approximate surface area is 119 Å². The maximum absolute atomic E-state index is 5.96. The van der Waals surface area contributed by atoms with Crippen LogP contribution in [0.4, 0.5) is 0 Å². The number of aryl methyl sites for hydroxylation is 1. The molecule has 5 heteroatoms. The lowest BCUT2D eigenvalue weighted by atomic mass is 10.2. The molecular formula is C14H21N3OS. The molecule has 0 saturated carbocycles. The van der Waals surface area contributed by atoms with E-state index in [0.717, 1.165) is 30.3 Å². The van der Waals surface area contributed by atoms with Gasteiger partial charge in [0, 0.05) is 24.6 Å². The molecule has 1 aliphatic heterocycles. The van der Waals surface area contributed by atoms with Crippen molar-refractivity contribution in [3.8, 4) is 5.75 Å². The predicted octanol–water partition coefficient (Wildman–Crippen LogP) is 1.74. The lowest BCUT2D eigenvalue weighted by Gasteiger charge is -2.27. The van der Waals surface area contributed by atoms with Crippen LogP contribution in [0.15, 0.2) is 29.3 Å². The quantitative estimate of drug-likeness (QED) is 0.518. The lowest BCUT2D eigenvalue weighted by Crippen LogP contribution is -2.42. The van der Waals surface area contributed by atoms with Crippen molar-refractivity contribution in [1.29, 1.82) is 0 Å². The van der Waals surface area contributed by atoms with Gasteiger partial charge in [-0.1, -0.05) is 17.7 Å². The van der Waals surface area contributed by atoms with E-state index in [2.05, 4.69) is 16.8 Å². The molecule has 1 aliphatic rings. The number of benzene rings is 1. The topological polar surface area (TPSA) is 50.9 Å². The number of ether oxygens (including phenoxy) is 1. The minimum atomic E-state index is 0.562. The van der Waals surface area contributed by atoms with E-state index in [0.29, 0.717) is 19.1 Å². The smallest absolute Gasteiger partial charge is 0.191 e. The normalized spacial score (nSPS) is 16.5. The Bertz CT molecular complexity index is 413. The molecule has 19 heavy (non-hydrogen) atoms. The number of nitrogens with two attached hydrogens (primary N) is 1. The second-order valence-corrected chi connectivity index (χ2v) is 5.73. The third-order valence-corrected chi connectivity index (χ3v) is 3.93. The van der Waals surface area contributed by atoms with Crippen LogP contribution in [-0.2, 0) is 0 Å². The summed E-state index contributed by atoms with van der Waals surface area (Å²) in [6.45, 7) is 5.22. The van der Waals surface area contributed by atoms with Crippen LogP contribution in [0.1, 0.15) is 5.56 Å². The molecule has 4 nitrogen and oxygen atoms in total. The molecule has 2 rings (SSSR count). The molecule has 1 aromatic carbocycles. The van der Waals surface area contributed by atoms with Gasteiger partial charge in [-0.05, 0) is 19.1 Å². The average Bonchev–Trinajstić information content (AvgIpc) is 2.46. The second kappa shape index (κ2) is 7.28. The van der Waals surface area contributed by atoms with E-state index in [1.165, 1.54) is 5.56 Å². The fraction of sp³-hybridized carbons (Fsp3) is 0.500. The van der Waals surface area contributed by atoms with Crippen molar-refractivity contribution in [1.82, 2.24) is 4.90 Å². The van der Waals surface area contributed by atoms with Gasteiger partial charge in [-0.2, -0.15) is 11.8 Å². The molecule has 0 spiro atoms. The molecule has 0 aliphatic carbocycles. The Kier molecular flexibility index (Phi) is 5.39. The molecule has 1 aromatic rings. The number of thioether (sulfide) groups is 1. The Morgan fingerprint density at radius 3 is 2.68 bits per heavy atom. The van der Waals surface area contributed by atoms with E-state index < -0.39 is 0 Å². The summed E-state index contributed by atoms with van der Waals surface area (Å²) in [5, 5.41) is 0. The monoisotopic (exact) mass is 279 g/mol. The van der Waals surface area contributed by atoms with Gasteiger partial charge in [0.15, 0.2) is 5.96 Å². The largest absolute Gasteiger partial charge is 0.492 e. The number of rotatable bonds is 4. The van der Waals surface area contributed by atoms with Crippen molar-refractivity contribution < 1.29 is 4.74 Å². The highest BCUT2D eigenvalue weighted by molar-refractivity contribution is 7.99. The number of nitrogens with zero attached hydrogens (tertiary/aromatic N) is 2. The summed E-state index contributed by atoms with van der Waals surface area (Å²) in [5.41, 5.74) is 7.19. The molecule has 1 saturated heterocycles. The first-order valence-electron chi connectivity index (χ1n) is 6.58. The maximum Gasteiger partial charge on any atom is 0.191 e. The van der Waals surface area contributed by atoms with E-state index in [9.17, 15) is 0 Å². The summed E-state index contributed by atoms with van der Waals surface area (Å²) < 4.78 is 5.61. The highest BCUT2D eigenvalue weighted by Crippen LogP contribution is 2.11.